The summed E-state index contributed by atoms with van der Waals surface area (Å²) in [6.07, 6.45) is 7.96. The number of esters is 1. The highest BCUT2D eigenvalue weighted by Crippen LogP contribution is 2.34. The lowest BCUT2D eigenvalue weighted by Gasteiger charge is -2.15. The van der Waals surface area contributed by atoms with E-state index in [1.165, 1.54) is 0 Å². The number of unbranched alkanes of at least 4 members (excludes halogenated alkanes) is 4. The molecule has 140 valence electrons. The Labute approximate surface area is 159 Å². The second kappa shape index (κ2) is 12.8. The summed E-state index contributed by atoms with van der Waals surface area (Å²) in [5.74, 6) is 0.754. The fourth-order valence-corrected chi connectivity index (χ4v) is 2.66. The molecule has 0 fully saturated rings. The van der Waals surface area contributed by atoms with Crippen LogP contribution in [0.25, 0.3) is 0 Å². The summed E-state index contributed by atoms with van der Waals surface area (Å²) in [7, 11) is 0. The number of ether oxygens (including phenoxy) is 3. The van der Waals surface area contributed by atoms with E-state index in [-0.39, 0.29) is 6.61 Å². The van der Waals surface area contributed by atoms with Crippen molar-refractivity contribution >= 4 is 21.9 Å². The first-order valence-electron chi connectivity index (χ1n) is 9.01. The average molecular weight is 413 g/mol. The van der Waals surface area contributed by atoms with E-state index in [0.29, 0.717) is 30.3 Å². The van der Waals surface area contributed by atoms with Crippen molar-refractivity contribution in [3.05, 3.63) is 34.8 Å². The van der Waals surface area contributed by atoms with Gasteiger partial charge in [0, 0.05) is 6.07 Å². The Morgan fingerprint density at radius 1 is 1.04 bits per heavy atom. The molecule has 0 heterocycles. The second-order valence-electron chi connectivity index (χ2n) is 5.78. The van der Waals surface area contributed by atoms with Crippen molar-refractivity contribution in [3.63, 3.8) is 0 Å². The fraction of sp³-hybridized carbons (Fsp3) is 0.550. The molecular formula is C20H29BrO4. The van der Waals surface area contributed by atoms with E-state index >= 15 is 0 Å². The molecule has 1 aromatic carbocycles. The molecule has 1 aromatic rings. The molecule has 0 radical (unpaired) electrons. The summed E-state index contributed by atoms with van der Waals surface area (Å²) < 4.78 is 17.5. The van der Waals surface area contributed by atoms with E-state index < -0.39 is 5.97 Å². The molecule has 0 saturated heterocycles. The van der Waals surface area contributed by atoms with Crippen LogP contribution in [0.2, 0.25) is 0 Å². The number of hydrogen-bond acceptors (Lipinski definition) is 4. The third kappa shape index (κ3) is 7.95. The first kappa shape index (κ1) is 21.6. The van der Waals surface area contributed by atoms with E-state index in [1.807, 2.05) is 0 Å². The minimum Gasteiger partial charge on any atom is -0.493 e. The van der Waals surface area contributed by atoms with Crippen LogP contribution >= 0.6 is 15.9 Å². The number of benzene rings is 1. The van der Waals surface area contributed by atoms with Gasteiger partial charge in [-0.15, -0.1) is 0 Å². The van der Waals surface area contributed by atoms with Gasteiger partial charge in [-0.05, 0) is 34.8 Å². The Morgan fingerprint density at radius 2 is 1.64 bits per heavy atom. The van der Waals surface area contributed by atoms with Crippen LogP contribution in [0.3, 0.4) is 0 Å². The van der Waals surface area contributed by atoms with E-state index in [0.717, 1.165) is 43.0 Å². The molecule has 0 N–H and O–H groups in total. The van der Waals surface area contributed by atoms with Crippen molar-refractivity contribution < 1.29 is 19.0 Å². The van der Waals surface area contributed by atoms with E-state index in [9.17, 15) is 4.79 Å². The molecule has 0 unspecified atom stereocenters. The number of rotatable bonds is 13. The third-order valence-electron chi connectivity index (χ3n) is 3.60. The Bertz CT molecular complexity index is 543. The molecule has 0 aliphatic heterocycles. The van der Waals surface area contributed by atoms with Gasteiger partial charge >= 0.3 is 5.97 Å². The normalized spacial score (nSPS) is 10.4. The number of halogens is 1. The van der Waals surface area contributed by atoms with Crippen LogP contribution in [0, 0.1) is 0 Å². The Kier molecular flexibility index (Phi) is 11.0. The van der Waals surface area contributed by atoms with Gasteiger partial charge in [0.05, 0.1) is 17.7 Å². The zero-order chi connectivity index (χ0) is 18.5. The lowest BCUT2D eigenvalue weighted by Crippen LogP contribution is -2.10. The van der Waals surface area contributed by atoms with Crippen molar-refractivity contribution in [2.75, 3.05) is 19.8 Å². The number of hydrogen-bond donors (Lipinski definition) is 0. The van der Waals surface area contributed by atoms with Gasteiger partial charge < -0.3 is 14.2 Å². The lowest BCUT2D eigenvalue weighted by atomic mass is 10.2. The molecule has 0 amide bonds. The van der Waals surface area contributed by atoms with E-state index in [4.69, 9.17) is 14.2 Å². The third-order valence-corrected chi connectivity index (χ3v) is 4.22. The van der Waals surface area contributed by atoms with Crippen LogP contribution in [0.15, 0.2) is 29.3 Å². The molecule has 0 atom stereocenters. The minimum atomic E-state index is -0.427. The maximum Gasteiger partial charge on any atom is 0.342 e. The molecule has 0 aliphatic carbocycles. The number of carbonyl (C=O) groups excluding carboxylic acids is 1. The van der Waals surface area contributed by atoms with Crippen molar-refractivity contribution in [2.24, 2.45) is 0 Å². The van der Waals surface area contributed by atoms with Crippen molar-refractivity contribution in [3.8, 4) is 11.5 Å². The predicted molar refractivity (Wildman–Crippen MR) is 105 cm³/mol. The fourth-order valence-electron chi connectivity index (χ4n) is 2.21. The summed E-state index contributed by atoms with van der Waals surface area (Å²) in [5.41, 5.74) is 0.395. The summed E-state index contributed by atoms with van der Waals surface area (Å²) in [4.78, 5) is 12.3. The maximum absolute atomic E-state index is 12.3. The van der Waals surface area contributed by atoms with Gasteiger partial charge in [0.15, 0.2) is 0 Å². The van der Waals surface area contributed by atoms with Gasteiger partial charge in [-0.2, -0.15) is 0 Å². The molecule has 0 saturated carbocycles. The molecule has 0 spiro atoms. The zero-order valence-electron chi connectivity index (χ0n) is 15.3. The molecule has 5 heteroatoms. The van der Waals surface area contributed by atoms with Gasteiger partial charge in [-0.1, -0.05) is 52.2 Å². The average Bonchev–Trinajstić information content (AvgIpc) is 2.62. The topological polar surface area (TPSA) is 44.8 Å². The Balaban J connectivity index is 2.90. The highest BCUT2D eigenvalue weighted by molar-refractivity contribution is 9.10. The molecule has 4 nitrogen and oxygen atoms in total. The summed E-state index contributed by atoms with van der Waals surface area (Å²) in [6, 6.07) is 3.47. The SMILES string of the molecule is C=CCOC(=O)c1cc(Br)c(OCCCCC)cc1OCCCCC. The van der Waals surface area contributed by atoms with Crippen LogP contribution in [0.4, 0.5) is 0 Å². The zero-order valence-corrected chi connectivity index (χ0v) is 16.9. The smallest absolute Gasteiger partial charge is 0.342 e. The summed E-state index contributed by atoms with van der Waals surface area (Å²) in [5, 5.41) is 0. The lowest BCUT2D eigenvalue weighted by molar-refractivity contribution is 0.0544. The van der Waals surface area contributed by atoms with E-state index in [1.54, 1.807) is 18.2 Å². The quantitative estimate of drug-likeness (QED) is 0.228. The van der Waals surface area contributed by atoms with Crippen LogP contribution < -0.4 is 9.47 Å². The molecule has 0 aromatic heterocycles. The molecule has 1 rings (SSSR count). The van der Waals surface area contributed by atoms with Crippen molar-refractivity contribution in [1.82, 2.24) is 0 Å². The minimum absolute atomic E-state index is 0.168. The maximum atomic E-state index is 12.3. The van der Waals surface area contributed by atoms with Gasteiger partial charge in [0.1, 0.15) is 23.7 Å². The predicted octanol–water partition coefficient (Wildman–Crippen LogP) is 5.93. The van der Waals surface area contributed by atoms with Crippen LogP contribution in [0.5, 0.6) is 11.5 Å². The molecule has 25 heavy (non-hydrogen) atoms. The highest BCUT2D eigenvalue weighted by atomic mass is 79.9. The number of carbonyl (C=O) groups is 1. The first-order chi connectivity index (χ1) is 12.1. The molecule has 0 bridgehead atoms. The summed E-state index contributed by atoms with van der Waals surface area (Å²) in [6.45, 7) is 9.23. The largest absolute Gasteiger partial charge is 0.493 e. The van der Waals surface area contributed by atoms with Gasteiger partial charge in [0.25, 0.3) is 0 Å². The van der Waals surface area contributed by atoms with Crippen LogP contribution in [-0.2, 0) is 4.74 Å². The monoisotopic (exact) mass is 412 g/mol. The highest BCUT2D eigenvalue weighted by Gasteiger charge is 2.18. The van der Waals surface area contributed by atoms with E-state index in [2.05, 4.69) is 36.4 Å². The first-order valence-corrected chi connectivity index (χ1v) is 9.80. The molecule has 0 aliphatic rings. The van der Waals surface area contributed by atoms with Crippen LogP contribution in [0.1, 0.15) is 62.7 Å². The van der Waals surface area contributed by atoms with Gasteiger partial charge in [0.2, 0.25) is 0 Å². The molecular weight excluding hydrogens is 384 g/mol. The standard InChI is InChI=1S/C20H29BrO4/c1-4-7-9-12-23-18-15-19(24-13-10-8-5-2)17(21)14-16(18)20(22)25-11-6-3/h6,14-15H,3-5,7-13H2,1-2H3. The van der Waals surface area contributed by atoms with Crippen LogP contribution in [-0.4, -0.2) is 25.8 Å². The van der Waals surface area contributed by atoms with Gasteiger partial charge in [-0.3, -0.25) is 0 Å². The second-order valence-corrected chi connectivity index (χ2v) is 6.63. The van der Waals surface area contributed by atoms with Crippen molar-refractivity contribution in [2.45, 2.75) is 52.4 Å². The Hall–Kier alpha value is -1.49. The summed E-state index contributed by atoms with van der Waals surface area (Å²) >= 11 is 3.47. The Morgan fingerprint density at radius 3 is 2.20 bits per heavy atom. The van der Waals surface area contributed by atoms with Gasteiger partial charge in [-0.25, -0.2) is 4.79 Å². The van der Waals surface area contributed by atoms with Crippen molar-refractivity contribution in [1.29, 1.82) is 0 Å².